The molecule has 9 heteroatoms. The average Bonchev–Trinajstić information content (AvgIpc) is 2.66. The molecule has 1 aliphatic rings. The fraction of sp³-hybridized carbons (Fsp3) is 0.429. The lowest BCUT2D eigenvalue weighted by Crippen LogP contribution is -2.60. The number of rotatable bonds is 5. The minimum atomic E-state index is -1.62. The molecule has 2 aromatic carbocycles. The highest BCUT2D eigenvalue weighted by molar-refractivity contribution is 6.06. The van der Waals surface area contributed by atoms with Gasteiger partial charge in [0.05, 0.1) is 10.9 Å². The number of aliphatic hydroxyl groups is 3. The molecule has 9 nitrogen and oxygen atoms in total. The van der Waals surface area contributed by atoms with Gasteiger partial charge >= 0.3 is 5.97 Å². The largest absolute Gasteiger partial charge is 0.506 e. The SMILES string of the molecule is CC(=O)OC[C@H]1O[C@@H](Oc2cccc3cc(C)c(C(C)=O)c(O)c23)[C@H](O)[C@@H](O)[C@@H]1O. The number of aliphatic hydroxyl groups excluding tert-OH is 3. The van der Waals surface area contributed by atoms with E-state index in [1.165, 1.54) is 19.9 Å². The second-order valence-electron chi connectivity index (χ2n) is 7.26. The Balaban J connectivity index is 1.97. The molecule has 1 saturated heterocycles. The van der Waals surface area contributed by atoms with Crippen LogP contribution in [0.3, 0.4) is 0 Å². The molecule has 0 aromatic heterocycles. The maximum Gasteiger partial charge on any atom is 0.302 e. The first-order valence-corrected chi connectivity index (χ1v) is 9.37. The molecule has 0 amide bonds. The van der Waals surface area contributed by atoms with E-state index in [1.807, 2.05) is 0 Å². The Morgan fingerprint density at radius 3 is 2.43 bits per heavy atom. The van der Waals surface area contributed by atoms with Crippen molar-refractivity contribution in [2.24, 2.45) is 0 Å². The normalized spacial score (nSPS) is 26.4. The number of ketones is 1. The Labute approximate surface area is 172 Å². The van der Waals surface area contributed by atoms with Crippen LogP contribution in [0.25, 0.3) is 10.8 Å². The summed E-state index contributed by atoms with van der Waals surface area (Å²) >= 11 is 0. The van der Waals surface area contributed by atoms with Gasteiger partial charge in [-0.15, -0.1) is 0 Å². The van der Waals surface area contributed by atoms with Gasteiger partial charge in [0.25, 0.3) is 0 Å². The molecule has 0 unspecified atom stereocenters. The third kappa shape index (κ3) is 4.10. The molecular formula is C21H24O9. The number of aryl methyl sites for hydroxylation is 1. The fourth-order valence-electron chi connectivity index (χ4n) is 3.56. The molecule has 0 aliphatic carbocycles. The summed E-state index contributed by atoms with van der Waals surface area (Å²) in [6.45, 7) is 3.87. The van der Waals surface area contributed by atoms with Gasteiger partial charge in [-0.1, -0.05) is 18.2 Å². The average molecular weight is 420 g/mol. The number of phenolic OH excluding ortho intramolecular Hbond substituents is 1. The molecule has 4 N–H and O–H groups in total. The first kappa shape index (κ1) is 22.0. The van der Waals surface area contributed by atoms with Gasteiger partial charge in [-0.05, 0) is 30.9 Å². The first-order chi connectivity index (χ1) is 14.1. The van der Waals surface area contributed by atoms with E-state index in [1.54, 1.807) is 25.1 Å². The van der Waals surface area contributed by atoms with Crippen LogP contribution in [-0.2, 0) is 14.3 Å². The summed E-state index contributed by atoms with van der Waals surface area (Å²) in [5, 5.41) is 42.1. The molecule has 0 spiro atoms. The van der Waals surface area contributed by atoms with Crippen molar-refractivity contribution in [1.82, 2.24) is 0 Å². The molecule has 2 aromatic rings. The zero-order valence-electron chi connectivity index (χ0n) is 16.7. The number of carbonyl (C=O) groups is 2. The Morgan fingerprint density at radius 1 is 1.10 bits per heavy atom. The Morgan fingerprint density at radius 2 is 1.80 bits per heavy atom. The van der Waals surface area contributed by atoms with Crippen molar-refractivity contribution in [2.75, 3.05) is 6.61 Å². The lowest BCUT2D eigenvalue weighted by atomic mass is 9.97. The van der Waals surface area contributed by atoms with E-state index in [2.05, 4.69) is 0 Å². The van der Waals surface area contributed by atoms with E-state index in [0.717, 1.165) is 0 Å². The number of benzene rings is 2. The molecule has 1 fully saturated rings. The molecule has 30 heavy (non-hydrogen) atoms. The fourth-order valence-corrected chi connectivity index (χ4v) is 3.56. The van der Waals surface area contributed by atoms with Crippen LogP contribution in [0.1, 0.15) is 29.8 Å². The van der Waals surface area contributed by atoms with E-state index in [-0.39, 0.29) is 34.8 Å². The van der Waals surface area contributed by atoms with E-state index < -0.39 is 36.7 Å². The van der Waals surface area contributed by atoms with Gasteiger partial charge in [-0.3, -0.25) is 9.59 Å². The van der Waals surface area contributed by atoms with Gasteiger partial charge in [-0.25, -0.2) is 0 Å². The van der Waals surface area contributed by atoms with Gasteiger partial charge in [-0.2, -0.15) is 0 Å². The van der Waals surface area contributed by atoms with Crippen LogP contribution in [0.2, 0.25) is 0 Å². The van der Waals surface area contributed by atoms with Crippen molar-refractivity contribution in [3.8, 4) is 11.5 Å². The quantitative estimate of drug-likeness (QED) is 0.408. The van der Waals surface area contributed by atoms with Gasteiger partial charge in [0.2, 0.25) is 6.29 Å². The molecular weight excluding hydrogens is 396 g/mol. The number of ether oxygens (including phenoxy) is 3. The third-order valence-electron chi connectivity index (χ3n) is 5.01. The van der Waals surface area contributed by atoms with Gasteiger partial charge in [0.15, 0.2) is 5.78 Å². The highest BCUT2D eigenvalue weighted by atomic mass is 16.7. The predicted octanol–water partition coefficient (Wildman–Crippen LogP) is 0.806. The molecule has 162 valence electrons. The van der Waals surface area contributed by atoms with Gasteiger partial charge in [0.1, 0.15) is 42.5 Å². The van der Waals surface area contributed by atoms with E-state index in [4.69, 9.17) is 14.2 Å². The third-order valence-corrected chi connectivity index (χ3v) is 5.01. The van der Waals surface area contributed by atoms with Crippen LogP contribution < -0.4 is 4.74 Å². The van der Waals surface area contributed by atoms with Crippen molar-refractivity contribution in [1.29, 1.82) is 0 Å². The standard InChI is InChI=1S/C21H24O9/c1-9-7-12-5-4-6-13(16(12)18(25)15(9)10(2)22)29-21-20(27)19(26)17(24)14(30-21)8-28-11(3)23/h4-7,14,17,19-21,24-27H,8H2,1-3H3/t14-,17-,19+,20-,21-/m1/s1. The zero-order valence-corrected chi connectivity index (χ0v) is 16.7. The maximum atomic E-state index is 12.0. The summed E-state index contributed by atoms with van der Waals surface area (Å²) in [6, 6.07) is 6.61. The van der Waals surface area contributed by atoms with Crippen LogP contribution in [0, 0.1) is 6.92 Å². The lowest BCUT2D eigenvalue weighted by molar-refractivity contribution is -0.278. The lowest BCUT2D eigenvalue weighted by Gasteiger charge is -2.40. The highest BCUT2D eigenvalue weighted by Crippen LogP contribution is 2.39. The first-order valence-electron chi connectivity index (χ1n) is 9.37. The van der Waals surface area contributed by atoms with E-state index in [0.29, 0.717) is 10.9 Å². The molecule has 0 bridgehead atoms. The highest BCUT2D eigenvalue weighted by Gasteiger charge is 2.45. The van der Waals surface area contributed by atoms with E-state index in [9.17, 15) is 30.0 Å². The molecule has 1 aliphatic heterocycles. The number of Topliss-reactive ketones (excluding diaryl/α,β-unsaturated/α-hetero) is 1. The van der Waals surface area contributed by atoms with Crippen molar-refractivity contribution in [3.63, 3.8) is 0 Å². The Bertz CT molecular complexity index is 971. The van der Waals surface area contributed by atoms with Crippen LogP contribution >= 0.6 is 0 Å². The topological polar surface area (TPSA) is 143 Å². The Kier molecular flexibility index (Phi) is 6.27. The zero-order chi connectivity index (χ0) is 22.2. The molecule has 0 radical (unpaired) electrons. The molecule has 3 rings (SSSR count). The molecule has 1 heterocycles. The van der Waals surface area contributed by atoms with Crippen LogP contribution in [0.4, 0.5) is 0 Å². The second kappa shape index (κ2) is 8.57. The monoisotopic (exact) mass is 420 g/mol. The van der Waals surface area contributed by atoms with Gasteiger partial charge in [0, 0.05) is 6.92 Å². The van der Waals surface area contributed by atoms with Crippen LogP contribution in [0.5, 0.6) is 11.5 Å². The second-order valence-corrected chi connectivity index (χ2v) is 7.26. The van der Waals surface area contributed by atoms with Crippen molar-refractivity contribution < 1.29 is 44.2 Å². The summed E-state index contributed by atoms with van der Waals surface area (Å²) in [5.41, 5.74) is 0.741. The van der Waals surface area contributed by atoms with Crippen molar-refractivity contribution >= 4 is 22.5 Å². The minimum Gasteiger partial charge on any atom is -0.506 e. The predicted molar refractivity (Wildman–Crippen MR) is 104 cm³/mol. The van der Waals surface area contributed by atoms with Gasteiger partial charge < -0.3 is 34.6 Å². The number of phenols is 1. The Hall–Kier alpha value is -2.72. The maximum absolute atomic E-state index is 12.0. The molecule has 5 atom stereocenters. The number of aromatic hydroxyl groups is 1. The summed E-state index contributed by atoms with van der Waals surface area (Å²) in [7, 11) is 0. The van der Waals surface area contributed by atoms with Crippen LogP contribution in [0.15, 0.2) is 24.3 Å². The number of esters is 1. The number of carbonyl (C=O) groups excluding carboxylic acids is 2. The number of fused-ring (bicyclic) bond motifs is 1. The summed E-state index contributed by atoms with van der Waals surface area (Å²) in [6.07, 6.45) is -7.33. The number of hydrogen-bond acceptors (Lipinski definition) is 9. The number of hydrogen-bond donors (Lipinski definition) is 4. The minimum absolute atomic E-state index is 0.103. The van der Waals surface area contributed by atoms with Crippen LogP contribution in [-0.4, -0.2) is 69.5 Å². The summed E-state index contributed by atoms with van der Waals surface area (Å²) in [5.74, 6) is -1.09. The van der Waals surface area contributed by atoms with Crippen molar-refractivity contribution in [3.05, 3.63) is 35.4 Å². The van der Waals surface area contributed by atoms with Crippen molar-refractivity contribution in [2.45, 2.75) is 51.5 Å². The van der Waals surface area contributed by atoms with E-state index >= 15 is 0 Å². The smallest absolute Gasteiger partial charge is 0.302 e. The summed E-state index contributed by atoms with van der Waals surface area (Å²) in [4.78, 5) is 23.0. The summed E-state index contributed by atoms with van der Waals surface area (Å²) < 4.78 is 16.1. The molecule has 0 saturated carbocycles.